The number of anilines is 2. The summed E-state index contributed by atoms with van der Waals surface area (Å²) in [4.78, 5) is 2.94. The number of aromatic nitrogens is 1. The summed E-state index contributed by atoms with van der Waals surface area (Å²) in [5, 5.41) is 2.11. The second-order valence-electron chi connectivity index (χ2n) is 3.76. The van der Waals surface area contributed by atoms with Crippen molar-refractivity contribution >= 4 is 11.5 Å². The molecule has 1 aromatic carbocycles. The minimum atomic E-state index is -4.96. The van der Waals surface area contributed by atoms with Gasteiger partial charge in [0.05, 0.1) is 5.69 Å². The smallest absolute Gasteiger partial charge is 0.404 e. The van der Waals surface area contributed by atoms with Gasteiger partial charge in [-0.3, -0.25) is 0 Å². The second kappa shape index (κ2) is 5.51. The van der Waals surface area contributed by atoms with Gasteiger partial charge in [-0.2, -0.15) is 9.37 Å². The number of nitrogens with zero attached hydrogens (tertiary/aromatic N) is 1. The van der Waals surface area contributed by atoms with E-state index in [1.807, 2.05) is 0 Å². The van der Waals surface area contributed by atoms with E-state index >= 15 is 0 Å². The van der Waals surface area contributed by atoms with Crippen molar-refractivity contribution in [3.05, 3.63) is 47.9 Å². The summed E-state index contributed by atoms with van der Waals surface area (Å²) < 4.78 is 79.4. The highest BCUT2D eigenvalue weighted by Gasteiger charge is 2.32. The lowest BCUT2D eigenvalue weighted by Gasteiger charge is -2.14. The van der Waals surface area contributed by atoms with Gasteiger partial charge in [0.25, 0.3) is 5.95 Å². The molecule has 0 spiro atoms. The lowest BCUT2D eigenvalue weighted by atomic mass is 10.3. The molecule has 3 nitrogen and oxygen atoms in total. The van der Waals surface area contributed by atoms with Crippen molar-refractivity contribution in [3.8, 4) is 5.75 Å². The molecule has 9 heteroatoms. The van der Waals surface area contributed by atoms with Crippen LogP contribution < -0.4 is 10.1 Å². The van der Waals surface area contributed by atoms with E-state index in [-0.39, 0.29) is 11.8 Å². The molecule has 21 heavy (non-hydrogen) atoms. The molecule has 1 aromatic heterocycles. The highest BCUT2D eigenvalue weighted by molar-refractivity contribution is 5.64. The largest absolute Gasteiger partial charge is 0.573 e. The van der Waals surface area contributed by atoms with E-state index < -0.39 is 35.5 Å². The summed E-state index contributed by atoms with van der Waals surface area (Å²) in [5.74, 6) is -5.82. The molecule has 0 aliphatic heterocycles. The van der Waals surface area contributed by atoms with Crippen molar-refractivity contribution in [2.24, 2.45) is 0 Å². The maximum atomic E-state index is 13.4. The Kier molecular flexibility index (Phi) is 3.92. The fourth-order valence-electron chi connectivity index (χ4n) is 1.44. The molecule has 2 rings (SSSR count). The standard InChI is InChI=1S/C12H6F6N2O/c13-6-5-7(14)11(20-10(6)15)19-8-3-1-2-4-9(8)21-12(16,17)18/h1-5H,(H,19,20). The van der Waals surface area contributed by atoms with Gasteiger partial charge in [0, 0.05) is 6.07 Å². The van der Waals surface area contributed by atoms with Crippen LogP contribution in [0.1, 0.15) is 0 Å². The zero-order valence-electron chi connectivity index (χ0n) is 10.0. The van der Waals surface area contributed by atoms with E-state index in [2.05, 4.69) is 15.0 Å². The van der Waals surface area contributed by atoms with Crippen molar-refractivity contribution in [1.82, 2.24) is 4.98 Å². The maximum absolute atomic E-state index is 13.4. The Morgan fingerprint density at radius 2 is 1.67 bits per heavy atom. The summed E-state index contributed by atoms with van der Waals surface area (Å²) in [6.45, 7) is 0. The third-order valence-electron chi connectivity index (χ3n) is 2.25. The number of rotatable bonds is 3. The number of halogens is 6. The first-order valence-electron chi connectivity index (χ1n) is 5.39. The van der Waals surface area contributed by atoms with Crippen molar-refractivity contribution in [3.63, 3.8) is 0 Å². The molecule has 1 N–H and O–H groups in total. The Morgan fingerprint density at radius 3 is 2.33 bits per heavy atom. The first kappa shape index (κ1) is 14.9. The van der Waals surface area contributed by atoms with Crippen molar-refractivity contribution in [1.29, 1.82) is 0 Å². The minimum absolute atomic E-state index is 0.220. The van der Waals surface area contributed by atoms with E-state index in [4.69, 9.17) is 0 Å². The van der Waals surface area contributed by atoms with Gasteiger partial charge in [0.15, 0.2) is 23.2 Å². The molecular formula is C12H6F6N2O. The Bertz CT molecular complexity index is 659. The summed E-state index contributed by atoms with van der Waals surface area (Å²) in [7, 11) is 0. The van der Waals surface area contributed by atoms with Crippen LogP contribution in [0.2, 0.25) is 0 Å². The van der Waals surface area contributed by atoms with E-state index in [1.54, 1.807) is 0 Å². The van der Waals surface area contributed by atoms with E-state index in [0.29, 0.717) is 0 Å². The van der Waals surface area contributed by atoms with Gasteiger partial charge in [-0.25, -0.2) is 8.78 Å². The maximum Gasteiger partial charge on any atom is 0.573 e. The fraction of sp³-hybridized carbons (Fsp3) is 0.0833. The molecule has 0 saturated heterocycles. The SMILES string of the molecule is Fc1cc(F)c(Nc2ccccc2OC(F)(F)F)nc1F. The van der Waals surface area contributed by atoms with Gasteiger partial charge >= 0.3 is 6.36 Å². The van der Waals surface area contributed by atoms with Gasteiger partial charge in [-0.05, 0) is 12.1 Å². The molecule has 0 aliphatic rings. The molecule has 112 valence electrons. The molecule has 0 bridgehead atoms. The lowest BCUT2D eigenvalue weighted by molar-refractivity contribution is -0.274. The van der Waals surface area contributed by atoms with Gasteiger partial charge in [-0.1, -0.05) is 12.1 Å². The topological polar surface area (TPSA) is 34.1 Å². The van der Waals surface area contributed by atoms with Gasteiger partial charge in [0.1, 0.15) is 0 Å². The molecule has 0 amide bonds. The van der Waals surface area contributed by atoms with Gasteiger partial charge in [0.2, 0.25) is 0 Å². The monoisotopic (exact) mass is 308 g/mol. The average molecular weight is 308 g/mol. The van der Waals surface area contributed by atoms with Crippen LogP contribution in [0.25, 0.3) is 0 Å². The van der Waals surface area contributed by atoms with Crippen LogP contribution in [-0.4, -0.2) is 11.3 Å². The number of para-hydroxylation sites is 2. The summed E-state index contributed by atoms with van der Waals surface area (Å²) in [6, 6.07) is 4.90. The quantitative estimate of drug-likeness (QED) is 0.683. The van der Waals surface area contributed by atoms with Crippen LogP contribution in [0.4, 0.5) is 37.8 Å². The Morgan fingerprint density at radius 1 is 1.00 bits per heavy atom. The molecular weight excluding hydrogens is 302 g/mol. The number of ether oxygens (including phenoxy) is 1. The number of hydrogen-bond donors (Lipinski definition) is 1. The number of hydrogen-bond acceptors (Lipinski definition) is 3. The molecule has 0 unspecified atom stereocenters. The number of alkyl halides is 3. The number of nitrogens with one attached hydrogen (secondary N) is 1. The zero-order chi connectivity index (χ0) is 15.6. The highest BCUT2D eigenvalue weighted by atomic mass is 19.4. The molecule has 0 atom stereocenters. The fourth-order valence-corrected chi connectivity index (χ4v) is 1.44. The highest BCUT2D eigenvalue weighted by Crippen LogP contribution is 2.32. The molecule has 0 aliphatic carbocycles. The first-order chi connectivity index (χ1) is 9.76. The van der Waals surface area contributed by atoms with E-state index in [1.165, 1.54) is 12.1 Å². The van der Waals surface area contributed by atoms with E-state index in [9.17, 15) is 26.3 Å². The predicted molar refractivity (Wildman–Crippen MR) is 60.5 cm³/mol. The third-order valence-corrected chi connectivity index (χ3v) is 2.25. The molecule has 0 saturated carbocycles. The van der Waals surface area contributed by atoms with Crippen LogP contribution >= 0.6 is 0 Å². The molecule has 1 heterocycles. The molecule has 2 aromatic rings. The predicted octanol–water partition coefficient (Wildman–Crippen LogP) is 4.14. The lowest BCUT2D eigenvalue weighted by Crippen LogP contribution is -2.18. The first-order valence-corrected chi connectivity index (χ1v) is 5.39. The Hall–Kier alpha value is -2.45. The Labute approximate surface area is 114 Å². The van der Waals surface area contributed by atoms with Crippen LogP contribution in [0.15, 0.2) is 30.3 Å². The summed E-state index contributed by atoms with van der Waals surface area (Å²) in [6.07, 6.45) is -4.96. The Balaban J connectivity index is 2.34. The van der Waals surface area contributed by atoms with Crippen LogP contribution in [0.3, 0.4) is 0 Å². The van der Waals surface area contributed by atoms with Crippen molar-refractivity contribution in [2.45, 2.75) is 6.36 Å². The summed E-state index contributed by atoms with van der Waals surface area (Å²) >= 11 is 0. The van der Waals surface area contributed by atoms with Crippen LogP contribution in [-0.2, 0) is 0 Å². The van der Waals surface area contributed by atoms with Gasteiger partial charge in [-0.15, -0.1) is 13.2 Å². The van der Waals surface area contributed by atoms with E-state index in [0.717, 1.165) is 12.1 Å². The third kappa shape index (κ3) is 3.77. The second-order valence-corrected chi connectivity index (χ2v) is 3.76. The van der Waals surface area contributed by atoms with Crippen molar-refractivity contribution < 1.29 is 31.1 Å². The van der Waals surface area contributed by atoms with Gasteiger partial charge < -0.3 is 10.1 Å². The minimum Gasteiger partial charge on any atom is -0.404 e. The number of pyridine rings is 1. The number of benzene rings is 1. The van der Waals surface area contributed by atoms with Crippen LogP contribution in [0.5, 0.6) is 5.75 Å². The molecule has 0 radical (unpaired) electrons. The average Bonchev–Trinajstić information content (AvgIpc) is 2.36. The molecule has 0 fully saturated rings. The van der Waals surface area contributed by atoms with Crippen LogP contribution in [0, 0.1) is 17.6 Å². The zero-order valence-corrected chi connectivity index (χ0v) is 10.0. The summed E-state index contributed by atoms with van der Waals surface area (Å²) in [5.41, 5.74) is -0.313. The normalized spacial score (nSPS) is 11.3. The van der Waals surface area contributed by atoms with Crippen molar-refractivity contribution in [2.75, 3.05) is 5.32 Å².